The van der Waals surface area contributed by atoms with Crippen molar-refractivity contribution in [1.82, 2.24) is 4.98 Å². The maximum atomic E-state index is 9.24. The zero-order valence-electron chi connectivity index (χ0n) is 9.18. The molecule has 1 aromatic heterocycles. The molecular formula is C14H11BrN2. The van der Waals surface area contributed by atoms with E-state index >= 15 is 0 Å². The van der Waals surface area contributed by atoms with Gasteiger partial charge in [-0.05, 0) is 29.8 Å². The summed E-state index contributed by atoms with van der Waals surface area (Å²) in [4.78, 5) is 4.25. The molecule has 0 bridgehead atoms. The first-order valence-corrected chi connectivity index (χ1v) is 6.14. The molecule has 0 spiro atoms. The number of nitriles is 1. The highest BCUT2D eigenvalue weighted by Gasteiger charge is 2.12. The van der Waals surface area contributed by atoms with E-state index in [4.69, 9.17) is 0 Å². The van der Waals surface area contributed by atoms with Crippen molar-refractivity contribution in [2.24, 2.45) is 0 Å². The van der Waals surface area contributed by atoms with Crippen LogP contribution in [-0.2, 0) is 6.42 Å². The number of benzene rings is 1. The van der Waals surface area contributed by atoms with E-state index in [0.717, 1.165) is 15.7 Å². The summed E-state index contributed by atoms with van der Waals surface area (Å²) in [5.74, 6) is -0.151. The molecule has 2 rings (SSSR count). The summed E-state index contributed by atoms with van der Waals surface area (Å²) in [7, 11) is 0. The van der Waals surface area contributed by atoms with Gasteiger partial charge in [0.05, 0.1) is 12.0 Å². The lowest BCUT2D eigenvalue weighted by Gasteiger charge is -2.09. The molecule has 1 aromatic carbocycles. The van der Waals surface area contributed by atoms with Crippen LogP contribution in [0.15, 0.2) is 53.1 Å². The number of hydrogen-bond donors (Lipinski definition) is 0. The minimum absolute atomic E-state index is 0.151. The Morgan fingerprint density at radius 1 is 1.24 bits per heavy atom. The second-order valence-electron chi connectivity index (χ2n) is 3.76. The summed E-state index contributed by atoms with van der Waals surface area (Å²) < 4.78 is 0.997. The zero-order chi connectivity index (χ0) is 12.1. The first-order valence-electron chi connectivity index (χ1n) is 5.34. The maximum absolute atomic E-state index is 9.24. The minimum Gasteiger partial charge on any atom is -0.261 e. The van der Waals surface area contributed by atoms with Crippen LogP contribution in [0.4, 0.5) is 0 Å². The van der Waals surface area contributed by atoms with Gasteiger partial charge in [0.15, 0.2) is 0 Å². The average molecular weight is 287 g/mol. The Bertz CT molecular complexity index is 531. The van der Waals surface area contributed by atoms with Gasteiger partial charge in [0, 0.05) is 22.8 Å². The zero-order valence-corrected chi connectivity index (χ0v) is 10.8. The molecule has 3 heteroatoms. The molecule has 0 aliphatic carbocycles. The second-order valence-corrected chi connectivity index (χ2v) is 4.68. The number of rotatable bonds is 3. The Hall–Kier alpha value is -1.66. The number of hydrogen-bond acceptors (Lipinski definition) is 2. The van der Waals surface area contributed by atoms with Gasteiger partial charge in [0.1, 0.15) is 0 Å². The molecule has 0 N–H and O–H groups in total. The predicted molar refractivity (Wildman–Crippen MR) is 70.4 cm³/mol. The Balaban J connectivity index is 2.21. The molecule has 2 aromatic rings. The molecule has 1 atom stereocenters. The topological polar surface area (TPSA) is 36.7 Å². The minimum atomic E-state index is -0.151. The molecule has 2 nitrogen and oxygen atoms in total. The fourth-order valence-corrected chi connectivity index (χ4v) is 2.11. The van der Waals surface area contributed by atoms with E-state index in [-0.39, 0.29) is 5.92 Å². The van der Waals surface area contributed by atoms with Crippen LogP contribution in [0, 0.1) is 11.3 Å². The van der Waals surface area contributed by atoms with Gasteiger partial charge in [0.2, 0.25) is 0 Å². The molecule has 0 saturated heterocycles. The molecule has 0 amide bonds. The SMILES string of the molecule is N#CC(Cc1ccccn1)c1cccc(Br)c1. The van der Waals surface area contributed by atoms with Crippen molar-refractivity contribution in [3.05, 3.63) is 64.4 Å². The maximum Gasteiger partial charge on any atom is 0.0768 e. The fraction of sp³-hybridized carbons (Fsp3) is 0.143. The van der Waals surface area contributed by atoms with Crippen molar-refractivity contribution in [3.8, 4) is 6.07 Å². The van der Waals surface area contributed by atoms with Gasteiger partial charge in [-0.25, -0.2) is 0 Å². The van der Waals surface area contributed by atoms with E-state index < -0.39 is 0 Å². The molecule has 0 fully saturated rings. The third kappa shape index (κ3) is 3.15. The van der Waals surface area contributed by atoms with Gasteiger partial charge >= 0.3 is 0 Å². The smallest absolute Gasteiger partial charge is 0.0768 e. The van der Waals surface area contributed by atoms with Gasteiger partial charge < -0.3 is 0 Å². The molecule has 0 aliphatic heterocycles. The highest BCUT2D eigenvalue weighted by Crippen LogP contribution is 2.22. The third-order valence-electron chi connectivity index (χ3n) is 2.55. The first kappa shape index (κ1) is 11.8. The number of pyridine rings is 1. The van der Waals surface area contributed by atoms with Crippen molar-refractivity contribution in [1.29, 1.82) is 5.26 Å². The van der Waals surface area contributed by atoms with E-state index in [9.17, 15) is 5.26 Å². The molecule has 0 radical (unpaired) electrons. The lowest BCUT2D eigenvalue weighted by molar-refractivity contribution is 0.821. The van der Waals surface area contributed by atoms with Crippen LogP contribution in [0.3, 0.4) is 0 Å². The molecule has 1 heterocycles. The standard InChI is InChI=1S/C14H11BrN2/c15-13-5-3-4-11(8-13)12(10-16)9-14-6-1-2-7-17-14/h1-8,12H,9H2. The average Bonchev–Trinajstić information content (AvgIpc) is 2.37. The highest BCUT2D eigenvalue weighted by atomic mass is 79.9. The van der Waals surface area contributed by atoms with Crippen molar-refractivity contribution >= 4 is 15.9 Å². The van der Waals surface area contributed by atoms with Crippen LogP contribution in [0.1, 0.15) is 17.2 Å². The highest BCUT2D eigenvalue weighted by molar-refractivity contribution is 9.10. The molecule has 0 aliphatic rings. The van der Waals surface area contributed by atoms with Crippen LogP contribution < -0.4 is 0 Å². The summed E-state index contributed by atoms with van der Waals surface area (Å²) in [6, 6.07) is 16.0. The molecule has 84 valence electrons. The summed E-state index contributed by atoms with van der Waals surface area (Å²) in [6.45, 7) is 0. The van der Waals surface area contributed by atoms with Crippen LogP contribution in [-0.4, -0.2) is 4.98 Å². The van der Waals surface area contributed by atoms with E-state index in [1.807, 2.05) is 42.5 Å². The summed E-state index contributed by atoms with van der Waals surface area (Å²) in [5, 5.41) is 9.24. The number of halogens is 1. The number of nitrogens with zero attached hydrogens (tertiary/aromatic N) is 2. The van der Waals surface area contributed by atoms with E-state index in [1.54, 1.807) is 6.20 Å². The Morgan fingerprint density at radius 3 is 2.76 bits per heavy atom. The van der Waals surface area contributed by atoms with Crippen LogP contribution in [0.5, 0.6) is 0 Å². The third-order valence-corrected chi connectivity index (χ3v) is 3.04. The predicted octanol–water partition coefficient (Wildman–Crippen LogP) is 3.69. The molecule has 1 unspecified atom stereocenters. The van der Waals surface area contributed by atoms with Gasteiger partial charge in [-0.3, -0.25) is 4.98 Å². The molecule has 0 saturated carbocycles. The largest absolute Gasteiger partial charge is 0.261 e. The lowest BCUT2D eigenvalue weighted by Crippen LogP contribution is -2.01. The Morgan fingerprint density at radius 2 is 2.12 bits per heavy atom. The van der Waals surface area contributed by atoms with Crippen LogP contribution >= 0.6 is 15.9 Å². The Labute approximate surface area is 109 Å². The van der Waals surface area contributed by atoms with E-state index in [0.29, 0.717) is 6.42 Å². The van der Waals surface area contributed by atoms with Gasteiger partial charge in [-0.2, -0.15) is 5.26 Å². The van der Waals surface area contributed by atoms with E-state index in [1.165, 1.54) is 0 Å². The molecule has 17 heavy (non-hydrogen) atoms. The van der Waals surface area contributed by atoms with Crippen LogP contribution in [0.2, 0.25) is 0 Å². The Kier molecular flexibility index (Phi) is 3.89. The van der Waals surface area contributed by atoms with Gasteiger partial charge in [0.25, 0.3) is 0 Å². The van der Waals surface area contributed by atoms with Gasteiger partial charge in [-0.1, -0.05) is 34.1 Å². The van der Waals surface area contributed by atoms with Gasteiger partial charge in [-0.15, -0.1) is 0 Å². The number of aromatic nitrogens is 1. The summed E-state index contributed by atoms with van der Waals surface area (Å²) in [6.07, 6.45) is 2.40. The van der Waals surface area contributed by atoms with E-state index in [2.05, 4.69) is 27.0 Å². The normalized spacial score (nSPS) is 11.8. The fourth-order valence-electron chi connectivity index (χ4n) is 1.69. The first-order chi connectivity index (χ1) is 8.29. The molecular weight excluding hydrogens is 276 g/mol. The van der Waals surface area contributed by atoms with Crippen molar-refractivity contribution in [2.75, 3.05) is 0 Å². The van der Waals surface area contributed by atoms with Crippen molar-refractivity contribution in [3.63, 3.8) is 0 Å². The van der Waals surface area contributed by atoms with Crippen molar-refractivity contribution < 1.29 is 0 Å². The monoisotopic (exact) mass is 286 g/mol. The second kappa shape index (κ2) is 5.60. The summed E-state index contributed by atoms with van der Waals surface area (Å²) in [5.41, 5.74) is 1.96. The van der Waals surface area contributed by atoms with Crippen molar-refractivity contribution in [2.45, 2.75) is 12.3 Å². The van der Waals surface area contributed by atoms with Crippen LogP contribution in [0.25, 0.3) is 0 Å². The quantitative estimate of drug-likeness (QED) is 0.863. The summed E-state index contributed by atoms with van der Waals surface area (Å²) >= 11 is 3.42. The lowest BCUT2D eigenvalue weighted by atomic mass is 9.95.